The summed E-state index contributed by atoms with van der Waals surface area (Å²) < 4.78 is 11.2. The van der Waals surface area contributed by atoms with Crippen molar-refractivity contribution in [2.24, 2.45) is 5.92 Å². The first-order valence-electron chi connectivity index (χ1n) is 8.36. The smallest absolute Gasteiger partial charge is 0.305 e. The maximum atomic E-state index is 13.0. The molecular weight excluding hydrogens is 310 g/mol. The number of carboxylic acids is 1. The quantitative estimate of drug-likeness (QED) is 0.828. The number of carbonyl (C=O) groups is 2. The SMILES string of the molecule is COC1CC(CC(=O)O)N(C(=O)c2ccccc2OCC2CC2)C1. The van der Waals surface area contributed by atoms with Crippen molar-refractivity contribution in [3.63, 3.8) is 0 Å². The molecule has 1 aromatic carbocycles. The van der Waals surface area contributed by atoms with Crippen molar-refractivity contribution in [1.29, 1.82) is 0 Å². The van der Waals surface area contributed by atoms with Crippen molar-refractivity contribution in [3.05, 3.63) is 29.8 Å². The van der Waals surface area contributed by atoms with Gasteiger partial charge in [-0.15, -0.1) is 0 Å². The molecule has 0 spiro atoms. The molecular formula is C18H23NO5. The van der Waals surface area contributed by atoms with E-state index in [-0.39, 0.29) is 24.5 Å². The van der Waals surface area contributed by atoms with Crippen LogP contribution in [0.3, 0.4) is 0 Å². The van der Waals surface area contributed by atoms with Crippen LogP contribution in [-0.2, 0) is 9.53 Å². The number of hydrogen-bond donors (Lipinski definition) is 1. The van der Waals surface area contributed by atoms with E-state index in [9.17, 15) is 9.59 Å². The fourth-order valence-corrected chi connectivity index (χ4v) is 3.10. The Balaban J connectivity index is 1.77. The molecule has 0 bridgehead atoms. The highest BCUT2D eigenvalue weighted by Crippen LogP contribution is 2.32. The van der Waals surface area contributed by atoms with Crippen LogP contribution in [0.5, 0.6) is 5.75 Å². The number of benzene rings is 1. The maximum absolute atomic E-state index is 13.0. The molecule has 2 atom stereocenters. The van der Waals surface area contributed by atoms with Crippen molar-refractivity contribution in [2.45, 2.75) is 37.8 Å². The summed E-state index contributed by atoms with van der Waals surface area (Å²) in [5, 5.41) is 9.11. The Bertz CT molecular complexity index is 613. The lowest BCUT2D eigenvalue weighted by atomic mass is 10.1. The van der Waals surface area contributed by atoms with Gasteiger partial charge in [-0.05, 0) is 37.3 Å². The van der Waals surface area contributed by atoms with E-state index in [1.807, 2.05) is 6.07 Å². The maximum Gasteiger partial charge on any atom is 0.305 e. The number of nitrogens with zero attached hydrogens (tertiary/aromatic N) is 1. The van der Waals surface area contributed by atoms with Crippen molar-refractivity contribution in [2.75, 3.05) is 20.3 Å². The minimum Gasteiger partial charge on any atom is -0.492 e. The first kappa shape index (κ1) is 16.8. The van der Waals surface area contributed by atoms with Crippen LogP contribution >= 0.6 is 0 Å². The summed E-state index contributed by atoms with van der Waals surface area (Å²) in [6.07, 6.45) is 2.70. The van der Waals surface area contributed by atoms with Crippen LogP contribution in [0.15, 0.2) is 24.3 Å². The Morgan fingerprint density at radius 1 is 1.29 bits per heavy atom. The zero-order valence-electron chi connectivity index (χ0n) is 13.8. The molecule has 2 fully saturated rings. The summed E-state index contributed by atoms with van der Waals surface area (Å²) in [6, 6.07) is 6.83. The summed E-state index contributed by atoms with van der Waals surface area (Å²) in [7, 11) is 1.59. The van der Waals surface area contributed by atoms with E-state index in [1.165, 1.54) is 12.8 Å². The number of rotatable bonds is 7. The lowest BCUT2D eigenvalue weighted by Crippen LogP contribution is -2.37. The van der Waals surface area contributed by atoms with Gasteiger partial charge in [0.15, 0.2) is 0 Å². The standard InChI is InChI=1S/C18H23NO5/c1-23-14-8-13(9-17(20)21)19(10-14)18(22)15-4-2-3-5-16(15)24-11-12-6-7-12/h2-5,12-14H,6-11H2,1H3,(H,20,21). The number of hydrogen-bond acceptors (Lipinski definition) is 4. The summed E-state index contributed by atoms with van der Waals surface area (Å²) in [5.74, 6) is 0.0712. The minimum atomic E-state index is -0.909. The average Bonchev–Trinajstić information content (AvgIpc) is 3.32. The number of aliphatic carboxylic acids is 1. The summed E-state index contributed by atoms with van der Waals surface area (Å²) in [5.41, 5.74) is 0.491. The molecule has 1 heterocycles. The molecule has 1 amide bonds. The van der Waals surface area contributed by atoms with Crippen molar-refractivity contribution in [1.82, 2.24) is 4.90 Å². The van der Waals surface area contributed by atoms with E-state index in [4.69, 9.17) is 14.6 Å². The molecule has 1 saturated carbocycles. The summed E-state index contributed by atoms with van der Waals surface area (Å²) in [6.45, 7) is 1.04. The van der Waals surface area contributed by atoms with Gasteiger partial charge in [-0.3, -0.25) is 9.59 Å². The van der Waals surface area contributed by atoms with Crippen LogP contribution in [0.1, 0.15) is 36.0 Å². The second kappa shape index (κ2) is 7.21. The molecule has 0 aromatic heterocycles. The fourth-order valence-electron chi connectivity index (χ4n) is 3.10. The predicted octanol–water partition coefficient (Wildman–Crippen LogP) is 2.18. The number of carbonyl (C=O) groups excluding carboxylic acids is 1. The van der Waals surface area contributed by atoms with Gasteiger partial charge in [-0.2, -0.15) is 0 Å². The highest BCUT2D eigenvalue weighted by Gasteiger charge is 2.37. The minimum absolute atomic E-state index is 0.0727. The molecule has 24 heavy (non-hydrogen) atoms. The molecule has 2 aliphatic rings. The monoisotopic (exact) mass is 333 g/mol. The Morgan fingerprint density at radius 3 is 2.71 bits per heavy atom. The number of likely N-dealkylation sites (tertiary alicyclic amines) is 1. The number of amides is 1. The molecule has 3 rings (SSSR count). The lowest BCUT2D eigenvalue weighted by Gasteiger charge is -2.24. The zero-order chi connectivity index (χ0) is 17.1. The Kier molecular flexibility index (Phi) is 5.04. The third-order valence-corrected chi connectivity index (χ3v) is 4.67. The van der Waals surface area contributed by atoms with Crippen LogP contribution in [0.2, 0.25) is 0 Å². The molecule has 6 nitrogen and oxygen atoms in total. The van der Waals surface area contributed by atoms with Gasteiger partial charge in [-0.1, -0.05) is 12.1 Å². The highest BCUT2D eigenvalue weighted by atomic mass is 16.5. The van der Waals surface area contributed by atoms with Crippen LogP contribution < -0.4 is 4.74 Å². The van der Waals surface area contributed by atoms with Crippen molar-refractivity contribution < 1.29 is 24.2 Å². The summed E-state index contributed by atoms with van der Waals surface area (Å²) >= 11 is 0. The topological polar surface area (TPSA) is 76.1 Å². The van der Waals surface area contributed by atoms with Crippen LogP contribution in [0.25, 0.3) is 0 Å². The third kappa shape index (κ3) is 3.87. The molecule has 2 unspecified atom stereocenters. The van der Waals surface area contributed by atoms with Crippen LogP contribution in [0.4, 0.5) is 0 Å². The van der Waals surface area contributed by atoms with Crippen molar-refractivity contribution >= 4 is 11.9 Å². The molecule has 1 N–H and O–H groups in total. The second-order valence-corrected chi connectivity index (χ2v) is 6.55. The van der Waals surface area contributed by atoms with Crippen LogP contribution in [-0.4, -0.2) is 54.3 Å². The van der Waals surface area contributed by atoms with Crippen LogP contribution in [0, 0.1) is 5.92 Å². The molecule has 6 heteroatoms. The number of para-hydroxylation sites is 1. The number of methoxy groups -OCH3 is 1. The van der Waals surface area contributed by atoms with Gasteiger partial charge in [-0.25, -0.2) is 0 Å². The number of ether oxygens (including phenoxy) is 2. The van der Waals surface area contributed by atoms with Gasteiger partial charge in [0.1, 0.15) is 5.75 Å². The third-order valence-electron chi connectivity index (χ3n) is 4.67. The highest BCUT2D eigenvalue weighted by molar-refractivity contribution is 5.97. The molecule has 1 aliphatic carbocycles. The molecule has 1 aromatic rings. The summed E-state index contributed by atoms with van der Waals surface area (Å²) in [4.78, 5) is 25.7. The first-order chi connectivity index (χ1) is 11.6. The fraction of sp³-hybridized carbons (Fsp3) is 0.556. The lowest BCUT2D eigenvalue weighted by molar-refractivity contribution is -0.137. The predicted molar refractivity (Wildman–Crippen MR) is 87.2 cm³/mol. The van der Waals surface area contributed by atoms with Gasteiger partial charge in [0.2, 0.25) is 0 Å². The largest absolute Gasteiger partial charge is 0.492 e. The first-order valence-corrected chi connectivity index (χ1v) is 8.36. The van der Waals surface area contributed by atoms with E-state index in [0.29, 0.717) is 36.8 Å². The van der Waals surface area contributed by atoms with E-state index < -0.39 is 5.97 Å². The van der Waals surface area contributed by atoms with E-state index in [0.717, 1.165) is 0 Å². The average molecular weight is 333 g/mol. The Morgan fingerprint density at radius 2 is 2.04 bits per heavy atom. The molecule has 1 saturated heterocycles. The van der Waals surface area contributed by atoms with E-state index in [2.05, 4.69) is 0 Å². The van der Waals surface area contributed by atoms with Gasteiger partial charge in [0.25, 0.3) is 5.91 Å². The Hall–Kier alpha value is -2.08. The Labute approximate surface area is 141 Å². The normalized spacial score (nSPS) is 23.3. The molecule has 0 radical (unpaired) electrons. The molecule has 1 aliphatic heterocycles. The van der Waals surface area contributed by atoms with Gasteiger partial charge in [0, 0.05) is 19.7 Å². The van der Waals surface area contributed by atoms with E-state index in [1.54, 1.807) is 30.2 Å². The van der Waals surface area contributed by atoms with E-state index >= 15 is 0 Å². The van der Waals surface area contributed by atoms with Crippen molar-refractivity contribution in [3.8, 4) is 5.75 Å². The van der Waals surface area contributed by atoms with Gasteiger partial charge in [0.05, 0.1) is 24.7 Å². The molecule has 130 valence electrons. The zero-order valence-corrected chi connectivity index (χ0v) is 13.8. The second-order valence-electron chi connectivity index (χ2n) is 6.55. The number of carboxylic acid groups (broad SMARTS) is 1. The van der Waals surface area contributed by atoms with Gasteiger partial charge >= 0.3 is 5.97 Å². The van der Waals surface area contributed by atoms with Gasteiger partial charge < -0.3 is 19.5 Å².